The lowest BCUT2D eigenvalue weighted by atomic mass is 9.80. The molecule has 8 N–H and O–H groups in total. The number of nitrogens with two attached hydrogens (primary N) is 1. The summed E-state index contributed by atoms with van der Waals surface area (Å²) in [7, 11) is 3.08. The predicted molar refractivity (Wildman–Crippen MR) is 255 cm³/mol. The fourth-order valence-electron chi connectivity index (χ4n) is 10.1. The molecule has 3 heterocycles. The number of esters is 1. The van der Waals surface area contributed by atoms with Crippen LogP contribution in [0, 0.1) is 35.0 Å². The van der Waals surface area contributed by atoms with E-state index in [4.69, 9.17) is 39.9 Å². The molecule has 18 nitrogen and oxygen atoms in total. The Kier molecular flexibility index (Phi) is 22.8. The molecule has 4 aliphatic rings. The van der Waals surface area contributed by atoms with Gasteiger partial charge in [-0.2, -0.15) is 0 Å². The Labute approximate surface area is 407 Å². The van der Waals surface area contributed by atoms with Crippen molar-refractivity contribution in [3.8, 4) is 0 Å². The van der Waals surface area contributed by atoms with E-state index in [9.17, 15) is 44.7 Å². The average molecular weight is 976 g/mol. The van der Waals surface area contributed by atoms with E-state index in [1.165, 1.54) is 7.11 Å². The number of rotatable bonds is 9. The second-order valence-corrected chi connectivity index (χ2v) is 20.0. The van der Waals surface area contributed by atoms with Crippen LogP contribution in [0.3, 0.4) is 0 Å². The molecule has 3 fully saturated rings. The van der Waals surface area contributed by atoms with Gasteiger partial charge in [-0.3, -0.25) is 9.59 Å². The van der Waals surface area contributed by atoms with Crippen molar-refractivity contribution >= 4 is 29.3 Å². The molecule has 0 radical (unpaired) electrons. The number of nitrogens with zero attached hydrogens (tertiary/aromatic N) is 1. The number of carbonyl (C=O) groups excluding carboxylic acids is 3. The van der Waals surface area contributed by atoms with Crippen molar-refractivity contribution in [3.63, 3.8) is 0 Å². The summed E-state index contributed by atoms with van der Waals surface area (Å²) < 4.78 is 23.7. The quantitative estimate of drug-likeness (QED) is 0.0551. The molecule has 0 unspecified atom stereocenters. The molecule has 0 aromatic carbocycles. The average Bonchev–Trinajstić information content (AvgIpc) is 3.31. The molecule has 2 bridgehead atoms. The number of allylic oxidation sites excluding steroid dienone is 5. The first-order valence-corrected chi connectivity index (χ1v) is 24.7. The minimum absolute atomic E-state index is 0.0244. The molecule has 1 aliphatic carbocycles. The molecule has 0 aromatic heterocycles. The van der Waals surface area contributed by atoms with Gasteiger partial charge in [-0.05, 0) is 107 Å². The van der Waals surface area contributed by atoms with Gasteiger partial charge in [0.05, 0.1) is 30.5 Å². The molecule has 3 aliphatic heterocycles. The van der Waals surface area contributed by atoms with E-state index < -0.39 is 115 Å². The number of aliphatic carboxylic acids is 1. The number of carbonyl (C=O) groups is 4. The van der Waals surface area contributed by atoms with E-state index >= 15 is 0 Å². The Bertz CT molecular complexity index is 1850. The number of ether oxygens (including phenoxy) is 4. The topological polar surface area (TPSA) is 278 Å². The van der Waals surface area contributed by atoms with Crippen molar-refractivity contribution < 1.29 is 73.4 Å². The number of hydrogen-bond donors (Lipinski definition) is 7. The number of piperidine rings is 1. The molecule has 69 heavy (non-hydrogen) atoms. The van der Waals surface area contributed by atoms with Gasteiger partial charge in [-0.15, -0.1) is 0 Å². The maximum Gasteiger partial charge on any atom is 0.333 e. The third kappa shape index (κ3) is 16.2. The molecule has 16 atom stereocenters. The maximum absolute atomic E-state index is 14.4. The Morgan fingerprint density at radius 2 is 1.64 bits per heavy atom. The normalized spacial score (nSPS) is 38.5. The predicted octanol–water partition coefficient (Wildman–Crippen LogP) is 4.50. The van der Waals surface area contributed by atoms with Crippen LogP contribution in [0.2, 0.25) is 0 Å². The Morgan fingerprint density at radius 1 is 0.913 bits per heavy atom. The number of cyclic esters (lactones) is 1. The summed E-state index contributed by atoms with van der Waals surface area (Å²) in [5.74, 6) is -8.81. The summed E-state index contributed by atoms with van der Waals surface area (Å²) in [4.78, 5) is 65.8. The molecule has 18 heteroatoms. The first kappa shape index (κ1) is 57.9. The minimum Gasteiger partial charge on any atom is -0.479 e. The van der Waals surface area contributed by atoms with Gasteiger partial charge in [-0.25, -0.2) is 19.4 Å². The zero-order valence-corrected chi connectivity index (χ0v) is 41.9. The van der Waals surface area contributed by atoms with Crippen LogP contribution in [-0.4, -0.2) is 154 Å². The van der Waals surface area contributed by atoms with Crippen LogP contribution in [0.5, 0.6) is 0 Å². The first-order chi connectivity index (χ1) is 32.6. The maximum atomic E-state index is 14.4. The Balaban J connectivity index is 1.73. The van der Waals surface area contributed by atoms with Crippen LogP contribution in [-0.2, 0) is 47.9 Å². The van der Waals surface area contributed by atoms with Crippen molar-refractivity contribution in [2.24, 2.45) is 35.3 Å². The van der Waals surface area contributed by atoms with Crippen LogP contribution in [0.15, 0.2) is 47.6 Å². The number of fused-ring (bicyclic) bond motifs is 3. The van der Waals surface area contributed by atoms with Crippen molar-refractivity contribution in [2.75, 3.05) is 27.4 Å². The van der Waals surface area contributed by atoms with E-state index in [2.05, 4.69) is 0 Å². The van der Waals surface area contributed by atoms with Gasteiger partial charge in [-0.1, -0.05) is 64.2 Å². The highest BCUT2D eigenvalue weighted by Crippen LogP contribution is 2.37. The lowest BCUT2D eigenvalue weighted by Crippen LogP contribution is -2.61. The summed E-state index contributed by atoms with van der Waals surface area (Å²) >= 11 is 0. The highest BCUT2D eigenvalue weighted by molar-refractivity contribution is 6.39. The molecule has 1 saturated carbocycles. The van der Waals surface area contributed by atoms with Gasteiger partial charge in [0.25, 0.3) is 11.7 Å². The molecular weight excluding hydrogens is 895 g/mol. The number of amides is 1. The van der Waals surface area contributed by atoms with E-state index in [0.717, 1.165) is 10.5 Å². The molecule has 0 spiro atoms. The summed E-state index contributed by atoms with van der Waals surface area (Å²) in [6.07, 6.45) is 8.26. The van der Waals surface area contributed by atoms with Gasteiger partial charge in [0.15, 0.2) is 6.61 Å². The fraction of sp³-hybridized carbons (Fsp3) is 0.745. The molecule has 4 rings (SSSR count). The first-order valence-electron chi connectivity index (χ1n) is 24.7. The van der Waals surface area contributed by atoms with E-state index in [-0.39, 0.29) is 43.4 Å². The van der Waals surface area contributed by atoms with E-state index in [1.807, 2.05) is 44.2 Å². The third-order valence-electron chi connectivity index (χ3n) is 14.6. The number of hydrogen-bond acceptors (Lipinski definition) is 16. The largest absolute Gasteiger partial charge is 0.479 e. The fourth-order valence-corrected chi connectivity index (χ4v) is 10.1. The highest BCUT2D eigenvalue weighted by Gasteiger charge is 2.53. The zero-order valence-electron chi connectivity index (χ0n) is 41.9. The summed E-state index contributed by atoms with van der Waals surface area (Å²) in [6.45, 7) is 9.81. The number of carboxylic acid groups (broad SMARTS) is 1. The smallest absolute Gasteiger partial charge is 0.333 e. The Morgan fingerprint density at radius 3 is 2.32 bits per heavy atom. The summed E-state index contributed by atoms with van der Waals surface area (Å²) in [5.41, 5.74) is 7.99. The molecule has 1 amide bonds. The van der Waals surface area contributed by atoms with Crippen LogP contribution in [0.25, 0.3) is 0 Å². The second-order valence-electron chi connectivity index (χ2n) is 20.0. The van der Waals surface area contributed by atoms with E-state index in [0.29, 0.717) is 63.4 Å². The number of aliphatic hydroxyl groups excluding tert-OH is 3. The second kappa shape index (κ2) is 27.2. The van der Waals surface area contributed by atoms with Crippen LogP contribution in [0.1, 0.15) is 119 Å². The number of carboxylic acids is 1. The van der Waals surface area contributed by atoms with Gasteiger partial charge >= 0.3 is 11.9 Å². The number of nitrogens with one attached hydrogen (secondary N) is 1. The molecular formula is C51H81N3O15. The van der Waals surface area contributed by atoms with Crippen molar-refractivity contribution in [2.45, 2.75) is 185 Å². The lowest BCUT2D eigenvalue weighted by Gasteiger charge is -2.42. The van der Waals surface area contributed by atoms with Crippen LogP contribution < -0.4 is 5.73 Å². The van der Waals surface area contributed by atoms with Crippen molar-refractivity contribution in [3.05, 3.63) is 47.6 Å². The number of methoxy groups -OCH3 is 2. The minimum atomic E-state index is -2.46. The molecule has 0 aromatic rings. The standard InChI is InChI=1S/C51H81N3O15/c1-29-14-10-9-11-15-30(2)41(64-7)26-36-19-17-34(6)51(63,68-36)48(60)49(61)54-21-13-12-16-38(54)50(62)67-42(37(52)24-35-18-20-39(55)43(25-35)65-8)27-40(56)31(3)23-33(5)47(69-66-28-44(57)58)46(59)45(53)32(4)22-29/h9-11,14-15,23,29,31-32,34-43,46-47,53,55-56,59,63H,12-13,16-22,24-28,52H2,1-8H3,(H,57,58)/b11-9?,14-10+,30-15?,33-23+,53-45?/t29-,31-,32-,34-,35+,36+,37-,38+,39-,40-,41+,42+,43-,46+,47-,51-/m1/s1. The summed E-state index contributed by atoms with van der Waals surface area (Å²) in [5, 5.41) is 64.1. The third-order valence-corrected chi connectivity index (χ3v) is 14.6. The highest BCUT2D eigenvalue weighted by atomic mass is 17.2. The van der Waals surface area contributed by atoms with Crippen molar-refractivity contribution in [1.29, 1.82) is 5.41 Å². The lowest BCUT2D eigenvalue weighted by molar-refractivity contribution is -0.321. The number of Topliss-reactive ketones (excluding diaryl/α,β-unsaturated/α-hetero) is 1. The molecule has 390 valence electrons. The monoisotopic (exact) mass is 976 g/mol. The van der Waals surface area contributed by atoms with Crippen LogP contribution in [0.4, 0.5) is 0 Å². The number of ketones is 1. The number of aliphatic hydroxyl groups is 4. The van der Waals surface area contributed by atoms with Gasteiger partial charge in [0, 0.05) is 57.2 Å². The zero-order chi connectivity index (χ0) is 51.2. The molecule has 2 saturated heterocycles. The Hall–Kier alpha value is -3.69. The SMILES string of the molecule is CO[C@H]1C[C@@H]2CC[C@@H](C)[C@@](O)(O2)C(=O)C(=O)N2CCCC[C@H]2C(=O)O[C@H]([C@H](N)C[C@@H]2CC[C@@H](O)[C@H](OC)C2)C[C@@H](O)[C@H](C)/C=C(\C)[C@@H](OOCC(=O)O)[C@@H](O)C(=N)[C@H](C)C[C@H](C)/C=C/C=CC=C1C. The van der Waals surface area contributed by atoms with Gasteiger partial charge in [0.2, 0.25) is 5.79 Å². The van der Waals surface area contributed by atoms with Crippen molar-refractivity contribution in [1.82, 2.24) is 4.90 Å². The summed E-state index contributed by atoms with van der Waals surface area (Å²) in [6, 6.07) is -2.04. The van der Waals surface area contributed by atoms with Gasteiger partial charge in [0.1, 0.15) is 24.4 Å². The van der Waals surface area contributed by atoms with E-state index in [1.54, 1.807) is 40.9 Å². The van der Waals surface area contributed by atoms with Gasteiger partial charge < -0.3 is 60.5 Å². The van der Waals surface area contributed by atoms with Crippen LogP contribution >= 0.6 is 0 Å².